The molecule has 2 rings (SSSR count). The fraction of sp³-hybridized carbons (Fsp3) is 0.429. The molecule has 0 atom stereocenters. The van der Waals surface area contributed by atoms with Crippen LogP contribution in [0.1, 0.15) is 35.2 Å². The number of aryl methyl sites for hydroxylation is 1. The number of rotatable bonds is 4. The molecule has 1 aromatic carbocycles. The number of amides is 1. The van der Waals surface area contributed by atoms with E-state index in [1.165, 1.54) is 17.9 Å². The molecule has 0 unspecified atom stereocenters. The molecule has 0 spiro atoms. The monoisotopic (exact) mass is 264 g/mol. The number of hydrogen-bond acceptors (Lipinski definition) is 2. The number of carbonyl (C=O) groups is 1. The highest BCUT2D eigenvalue weighted by atomic mass is 19.1. The number of hydrogen-bond donors (Lipinski definition) is 0. The SMILES string of the molecule is Cc1cc(C(=O)N(CCC#N)C2CC2)c(F)cc1F. The summed E-state index contributed by atoms with van der Waals surface area (Å²) >= 11 is 0. The molecule has 0 aliphatic heterocycles. The van der Waals surface area contributed by atoms with Gasteiger partial charge in [0.25, 0.3) is 5.91 Å². The molecular formula is C14H14F2N2O. The van der Waals surface area contributed by atoms with E-state index < -0.39 is 17.5 Å². The Hall–Kier alpha value is -1.96. The van der Waals surface area contributed by atoms with Gasteiger partial charge in [-0.15, -0.1) is 0 Å². The van der Waals surface area contributed by atoms with E-state index in [-0.39, 0.29) is 30.1 Å². The van der Waals surface area contributed by atoms with Crippen LogP contribution in [0.2, 0.25) is 0 Å². The maximum Gasteiger partial charge on any atom is 0.257 e. The van der Waals surface area contributed by atoms with Gasteiger partial charge in [0.1, 0.15) is 11.6 Å². The molecule has 0 bridgehead atoms. The summed E-state index contributed by atoms with van der Waals surface area (Å²) in [6.45, 7) is 1.78. The van der Waals surface area contributed by atoms with Crippen LogP contribution < -0.4 is 0 Å². The van der Waals surface area contributed by atoms with Gasteiger partial charge < -0.3 is 4.90 Å². The van der Waals surface area contributed by atoms with E-state index in [9.17, 15) is 13.6 Å². The number of nitrogens with zero attached hydrogens (tertiary/aromatic N) is 2. The van der Waals surface area contributed by atoms with Gasteiger partial charge in [-0.2, -0.15) is 5.26 Å². The van der Waals surface area contributed by atoms with Gasteiger partial charge in [0, 0.05) is 18.7 Å². The van der Waals surface area contributed by atoms with Crippen LogP contribution in [0.25, 0.3) is 0 Å². The fourth-order valence-corrected chi connectivity index (χ4v) is 1.98. The first kappa shape index (κ1) is 13.5. The van der Waals surface area contributed by atoms with Crippen LogP contribution in [0.4, 0.5) is 8.78 Å². The Morgan fingerprint density at radius 2 is 2.11 bits per heavy atom. The van der Waals surface area contributed by atoms with Crippen LogP contribution in [0.3, 0.4) is 0 Å². The average Bonchev–Trinajstić information content (AvgIpc) is 3.18. The molecule has 19 heavy (non-hydrogen) atoms. The van der Waals surface area contributed by atoms with E-state index in [4.69, 9.17) is 5.26 Å². The Bertz CT molecular complexity index is 547. The summed E-state index contributed by atoms with van der Waals surface area (Å²) in [6, 6.07) is 4.03. The van der Waals surface area contributed by atoms with Gasteiger partial charge in [0.15, 0.2) is 0 Å². The highest BCUT2D eigenvalue weighted by Gasteiger charge is 2.33. The van der Waals surface area contributed by atoms with E-state index in [0.717, 1.165) is 18.9 Å². The summed E-state index contributed by atoms with van der Waals surface area (Å²) in [6.07, 6.45) is 1.96. The lowest BCUT2D eigenvalue weighted by atomic mass is 10.1. The summed E-state index contributed by atoms with van der Waals surface area (Å²) < 4.78 is 26.9. The molecular weight excluding hydrogens is 250 g/mol. The number of halogens is 2. The van der Waals surface area contributed by atoms with Crippen molar-refractivity contribution >= 4 is 5.91 Å². The zero-order valence-electron chi connectivity index (χ0n) is 10.6. The molecule has 1 aliphatic carbocycles. The normalized spacial score (nSPS) is 14.0. The molecule has 1 aliphatic rings. The molecule has 1 saturated carbocycles. The molecule has 1 aromatic rings. The first-order valence-corrected chi connectivity index (χ1v) is 6.18. The van der Waals surface area contributed by atoms with Crippen molar-refractivity contribution in [3.05, 3.63) is 34.9 Å². The number of benzene rings is 1. The van der Waals surface area contributed by atoms with Gasteiger partial charge in [-0.05, 0) is 31.4 Å². The molecule has 0 N–H and O–H groups in total. The summed E-state index contributed by atoms with van der Waals surface area (Å²) in [5.74, 6) is -1.97. The number of carbonyl (C=O) groups excluding carboxylic acids is 1. The lowest BCUT2D eigenvalue weighted by Gasteiger charge is -2.21. The third-order valence-corrected chi connectivity index (χ3v) is 3.19. The minimum absolute atomic E-state index is 0.0885. The maximum absolute atomic E-state index is 13.7. The van der Waals surface area contributed by atoms with E-state index in [0.29, 0.717) is 0 Å². The fourth-order valence-electron chi connectivity index (χ4n) is 1.98. The summed E-state index contributed by atoms with van der Waals surface area (Å²) in [5, 5.41) is 8.59. The molecule has 5 heteroatoms. The van der Waals surface area contributed by atoms with Crippen LogP contribution in [-0.2, 0) is 0 Å². The van der Waals surface area contributed by atoms with E-state index in [1.54, 1.807) is 0 Å². The first-order chi connectivity index (χ1) is 9.04. The van der Waals surface area contributed by atoms with Crippen LogP contribution in [0.15, 0.2) is 12.1 Å². The van der Waals surface area contributed by atoms with Crippen LogP contribution >= 0.6 is 0 Å². The second-order valence-corrected chi connectivity index (χ2v) is 4.72. The zero-order valence-corrected chi connectivity index (χ0v) is 10.6. The Morgan fingerprint density at radius 1 is 1.42 bits per heavy atom. The minimum atomic E-state index is -0.851. The predicted octanol–water partition coefficient (Wildman–Crippen LogP) is 2.79. The number of nitriles is 1. The molecule has 0 aromatic heterocycles. The minimum Gasteiger partial charge on any atom is -0.335 e. The highest BCUT2D eigenvalue weighted by molar-refractivity contribution is 5.95. The van der Waals surface area contributed by atoms with Gasteiger partial charge in [-0.3, -0.25) is 4.79 Å². The Balaban J connectivity index is 2.26. The molecule has 3 nitrogen and oxygen atoms in total. The van der Waals surface area contributed by atoms with Gasteiger partial charge in [0.2, 0.25) is 0 Å². The average molecular weight is 264 g/mol. The van der Waals surface area contributed by atoms with Crippen molar-refractivity contribution in [2.24, 2.45) is 0 Å². The predicted molar refractivity (Wildman–Crippen MR) is 65.4 cm³/mol. The molecule has 0 saturated heterocycles. The van der Waals surface area contributed by atoms with Crippen molar-refractivity contribution in [1.82, 2.24) is 4.90 Å². The summed E-state index contributed by atoms with van der Waals surface area (Å²) in [7, 11) is 0. The van der Waals surface area contributed by atoms with E-state index >= 15 is 0 Å². The molecule has 100 valence electrons. The van der Waals surface area contributed by atoms with Gasteiger partial charge >= 0.3 is 0 Å². The van der Waals surface area contributed by atoms with Crippen LogP contribution in [0.5, 0.6) is 0 Å². The van der Waals surface area contributed by atoms with Gasteiger partial charge in [-0.1, -0.05) is 0 Å². The Kier molecular flexibility index (Phi) is 3.79. The molecule has 0 radical (unpaired) electrons. The standard InChI is InChI=1S/C14H14F2N2O/c1-9-7-11(13(16)8-12(9)15)14(19)18(6-2-5-17)10-3-4-10/h7-8,10H,2-4,6H2,1H3. The molecule has 1 amide bonds. The molecule has 1 fully saturated rings. The van der Waals surface area contributed by atoms with Gasteiger partial charge in [0.05, 0.1) is 18.1 Å². The van der Waals surface area contributed by atoms with E-state index in [2.05, 4.69) is 0 Å². The zero-order chi connectivity index (χ0) is 14.0. The largest absolute Gasteiger partial charge is 0.335 e. The van der Waals surface area contributed by atoms with Crippen LogP contribution in [0, 0.1) is 29.9 Å². The third kappa shape index (κ3) is 2.90. The second kappa shape index (κ2) is 5.35. The van der Waals surface area contributed by atoms with Crippen molar-refractivity contribution in [1.29, 1.82) is 5.26 Å². The summed E-state index contributed by atoms with van der Waals surface area (Å²) in [5.41, 5.74) is 0.115. The lowest BCUT2D eigenvalue weighted by molar-refractivity contribution is 0.0742. The van der Waals surface area contributed by atoms with Crippen molar-refractivity contribution in [3.8, 4) is 6.07 Å². The van der Waals surface area contributed by atoms with Crippen molar-refractivity contribution in [2.75, 3.05) is 6.54 Å². The van der Waals surface area contributed by atoms with Gasteiger partial charge in [-0.25, -0.2) is 8.78 Å². The smallest absolute Gasteiger partial charge is 0.257 e. The highest BCUT2D eigenvalue weighted by Crippen LogP contribution is 2.29. The lowest BCUT2D eigenvalue weighted by Crippen LogP contribution is -2.34. The first-order valence-electron chi connectivity index (χ1n) is 6.18. The van der Waals surface area contributed by atoms with Crippen molar-refractivity contribution < 1.29 is 13.6 Å². The van der Waals surface area contributed by atoms with Crippen LogP contribution in [-0.4, -0.2) is 23.4 Å². The maximum atomic E-state index is 13.7. The Morgan fingerprint density at radius 3 is 2.68 bits per heavy atom. The third-order valence-electron chi connectivity index (χ3n) is 3.19. The summed E-state index contributed by atoms with van der Waals surface area (Å²) in [4.78, 5) is 13.8. The van der Waals surface area contributed by atoms with Crippen molar-refractivity contribution in [3.63, 3.8) is 0 Å². The quantitative estimate of drug-likeness (QED) is 0.839. The topological polar surface area (TPSA) is 44.1 Å². The molecule has 0 heterocycles. The van der Waals surface area contributed by atoms with E-state index in [1.807, 2.05) is 6.07 Å². The van der Waals surface area contributed by atoms with Crippen molar-refractivity contribution in [2.45, 2.75) is 32.2 Å². The second-order valence-electron chi connectivity index (χ2n) is 4.72. The Labute approximate surface area is 110 Å².